The largest absolute Gasteiger partial charge is 0.459 e. The van der Waals surface area contributed by atoms with Gasteiger partial charge in [0, 0.05) is 17.0 Å². The van der Waals surface area contributed by atoms with Crippen LogP contribution in [0, 0.1) is 0 Å². The number of anilines is 1. The molecule has 33 heavy (non-hydrogen) atoms. The molecule has 0 aliphatic carbocycles. The summed E-state index contributed by atoms with van der Waals surface area (Å²) in [7, 11) is -3.38. The minimum absolute atomic E-state index is 0.180. The van der Waals surface area contributed by atoms with E-state index in [1.165, 1.54) is 10.6 Å². The van der Waals surface area contributed by atoms with Gasteiger partial charge in [0.2, 0.25) is 10.0 Å². The van der Waals surface area contributed by atoms with Crippen molar-refractivity contribution in [1.82, 2.24) is 5.32 Å². The van der Waals surface area contributed by atoms with Crippen molar-refractivity contribution in [2.45, 2.75) is 25.4 Å². The maximum Gasteiger partial charge on any atom is 0.252 e. The second-order valence-electron chi connectivity index (χ2n) is 8.46. The van der Waals surface area contributed by atoms with Gasteiger partial charge in [-0.3, -0.25) is 9.10 Å². The van der Waals surface area contributed by atoms with Gasteiger partial charge in [-0.05, 0) is 54.8 Å². The Kier molecular flexibility index (Phi) is 5.21. The molecule has 0 saturated heterocycles. The highest BCUT2D eigenvalue weighted by Gasteiger charge is 2.33. The molecular formula is C26H24N2O4S. The van der Waals surface area contributed by atoms with Crippen molar-refractivity contribution in [3.8, 4) is 0 Å². The predicted molar refractivity (Wildman–Crippen MR) is 129 cm³/mol. The lowest BCUT2D eigenvalue weighted by atomic mass is 10.0. The number of nitrogens with zero attached hydrogens (tertiary/aromatic N) is 1. The van der Waals surface area contributed by atoms with E-state index < -0.39 is 16.1 Å². The van der Waals surface area contributed by atoms with Gasteiger partial charge in [0.05, 0.1) is 11.9 Å². The molecule has 0 radical (unpaired) electrons. The zero-order valence-electron chi connectivity index (χ0n) is 18.4. The molecule has 2 heterocycles. The van der Waals surface area contributed by atoms with Crippen molar-refractivity contribution < 1.29 is 17.6 Å². The van der Waals surface area contributed by atoms with Gasteiger partial charge in [-0.2, -0.15) is 0 Å². The van der Waals surface area contributed by atoms with E-state index >= 15 is 0 Å². The second-order valence-corrected chi connectivity index (χ2v) is 10.3. The number of amides is 1. The van der Waals surface area contributed by atoms with Crippen LogP contribution in [0.1, 0.15) is 40.2 Å². The average molecular weight is 461 g/mol. The maximum atomic E-state index is 13.3. The van der Waals surface area contributed by atoms with E-state index in [2.05, 4.69) is 5.32 Å². The molecule has 0 bridgehead atoms. The van der Waals surface area contributed by atoms with Crippen LogP contribution in [0.4, 0.5) is 5.69 Å². The Morgan fingerprint density at radius 2 is 1.76 bits per heavy atom. The van der Waals surface area contributed by atoms with Crippen LogP contribution in [0.3, 0.4) is 0 Å². The first kappa shape index (κ1) is 21.3. The fraction of sp³-hybridized carbons (Fsp3) is 0.192. The van der Waals surface area contributed by atoms with E-state index in [9.17, 15) is 13.2 Å². The van der Waals surface area contributed by atoms with Crippen LogP contribution in [0.5, 0.6) is 0 Å². The van der Waals surface area contributed by atoms with Gasteiger partial charge in [-0.15, -0.1) is 0 Å². The molecule has 0 saturated carbocycles. The number of fused-ring (bicyclic) bond motifs is 2. The molecule has 1 aliphatic rings. The molecule has 1 aliphatic heterocycles. The van der Waals surface area contributed by atoms with Crippen molar-refractivity contribution in [1.29, 1.82) is 0 Å². The lowest BCUT2D eigenvalue weighted by Crippen LogP contribution is -2.34. The van der Waals surface area contributed by atoms with E-state index in [-0.39, 0.29) is 11.9 Å². The van der Waals surface area contributed by atoms with Crippen LogP contribution in [0.25, 0.3) is 11.0 Å². The van der Waals surface area contributed by atoms with Crippen LogP contribution in [-0.4, -0.2) is 26.6 Å². The van der Waals surface area contributed by atoms with Gasteiger partial charge in [-0.25, -0.2) is 8.42 Å². The molecule has 2 unspecified atom stereocenters. The van der Waals surface area contributed by atoms with Gasteiger partial charge in [0.25, 0.3) is 5.91 Å². The highest BCUT2D eigenvalue weighted by Crippen LogP contribution is 2.35. The summed E-state index contributed by atoms with van der Waals surface area (Å²) in [5.41, 5.74) is 3.63. The number of sulfonamides is 1. The summed E-state index contributed by atoms with van der Waals surface area (Å²) >= 11 is 0. The molecule has 3 aromatic carbocycles. The first-order valence-electron chi connectivity index (χ1n) is 10.8. The van der Waals surface area contributed by atoms with Crippen LogP contribution >= 0.6 is 0 Å². The van der Waals surface area contributed by atoms with Gasteiger partial charge < -0.3 is 9.73 Å². The van der Waals surface area contributed by atoms with Gasteiger partial charge in [-0.1, -0.05) is 48.5 Å². The topological polar surface area (TPSA) is 79.6 Å². The fourth-order valence-corrected chi connectivity index (χ4v) is 5.84. The summed E-state index contributed by atoms with van der Waals surface area (Å²) in [5, 5.41) is 4.07. The maximum absolute atomic E-state index is 13.3. The molecule has 5 rings (SSSR count). The van der Waals surface area contributed by atoms with E-state index in [1.54, 1.807) is 18.2 Å². The first-order valence-corrected chi connectivity index (χ1v) is 12.6. The molecule has 4 aromatic rings. The third-order valence-electron chi connectivity index (χ3n) is 5.99. The van der Waals surface area contributed by atoms with Gasteiger partial charge >= 0.3 is 0 Å². The molecule has 7 heteroatoms. The number of hydrogen-bond donors (Lipinski definition) is 1. The summed E-state index contributed by atoms with van der Waals surface area (Å²) in [6.07, 6.45) is 1.77. The Morgan fingerprint density at radius 1 is 1.03 bits per heavy atom. The van der Waals surface area contributed by atoms with Crippen molar-refractivity contribution in [2.24, 2.45) is 0 Å². The summed E-state index contributed by atoms with van der Waals surface area (Å²) in [4.78, 5) is 13.3. The molecule has 0 fully saturated rings. The van der Waals surface area contributed by atoms with Crippen molar-refractivity contribution in [2.75, 3.05) is 10.6 Å². The number of carbonyl (C=O) groups is 1. The van der Waals surface area contributed by atoms with E-state index in [0.29, 0.717) is 23.4 Å². The standard InChI is InChI=1S/C26H24N2O4S/c1-17-14-21-15-20(12-13-22(21)28(17)33(2,30)31)26(29)27-25(18-8-4-3-5-9-18)24-16-19-10-6-7-11-23(19)32-24/h3-13,15-17,25H,14H2,1-2H3,(H,27,29). The molecule has 6 nitrogen and oxygen atoms in total. The van der Waals surface area contributed by atoms with Crippen molar-refractivity contribution >= 4 is 32.6 Å². The smallest absolute Gasteiger partial charge is 0.252 e. The lowest BCUT2D eigenvalue weighted by molar-refractivity contribution is 0.0939. The quantitative estimate of drug-likeness (QED) is 0.470. The first-order chi connectivity index (χ1) is 15.8. The van der Waals surface area contributed by atoms with E-state index in [4.69, 9.17) is 4.42 Å². The van der Waals surface area contributed by atoms with Crippen LogP contribution in [0.15, 0.2) is 83.3 Å². The van der Waals surface area contributed by atoms with Crippen LogP contribution in [0.2, 0.25) is 0 Å². The Hall–Kier alpha value is -3.58. The molecule has 2 atom stereocenters. The average Bonchev–Trinajstić information content (AvgIpc) is 3.37. The predicted octanol–water partition coefficient (Wildman–Crippen LogP) is 4.66. The Labute approximate surface area is 192 Å². The number of carbonyl (C=O) groups excluding carboxylic acids is 1. The number of furan rings is 1. The number of para-hydroxylation sites is 1. The molecule has 1 aromatic heterocycles. The Bertz CT molecular complexity index is 1410. The molecule has 1 amide bonds. The van der Waals surface area contributed by atoms with Gasteiger partial charge in [0.15, 0.2) is 0 Å². The highest BCUT2D eigenvalue weighted by molar-refractivity contribution is 7.92. The number of rotatable bonds is 5. The number of nitrogens with one attached hydrogen (secondary N) is 1. The molecule has 168 valence electrons. The Balaban J connectivity index is 1.48. The highest BCUT2D eigenvalue weighted by atomic mass is 32.2. The third-order valence-corrected chi connectivity index (χ3v) is 7.26. The molecular weight excluding hydrogens is 436 g/mol. The zero-order chi connectivity index (χ0) is 23.2. The summed E-state index contributed by atoms with van der Waals surface area (Å²) < 4.78 is 31.9. The SMILES string of the molecule is CC1Cc2cc(C(=O)NC(c3ccccc3)c3cc4ccccc4o3)ccc2N1S(C)(=O)=O. The second kappa shape index (κ2) is 8.08. The van der Waals surface area contributed by atoms with E-state index in [1.807, 2.05) is 67.6 Å². The summed E-state index contributed by atoms with van der Waals surface area (Å²) in [6, 6.07) is 23.9. The van der Waals surface area contributed by atoms with Crippen LogP contribution < -0.4 is 9.62 Å². The van der Waals surface area contributed by atoms with E-state index in [0.717, 1.165) is 22.1 Å². The van der Waals surface area contributed by atoms with Crippen molar-refractivity contribution in [3.05, 3.63) is 101 Å². The summed E-state index contributed by atoms with van der Waals surface area (Å²) in [6.45, 7) is 1.87. The van der Waals surface area contributed by atoms with Crippen molar-refractivity contribution in [3.63, 3.8) is 0 Å². The summed E-state index contributed by atoms with van der Waals surface area (Å²) in [5.74, 6) is 0.395. The number of hydrogen-bond acceptors (Lipinski definition) is 4. The zero-order valence-corrected chi connectivity index (χ0v) is 19.2. The molecule has 0 spiro atoms. The minimum Gasteiger partial charge on any atom is -0.459 e. The Morgan fingerprint density at radius 3 is 2.48 bits per heavy atom. The van der Waals surface area contributed by atoms with Crippen LogP contribution in [-0.2, 0) is 16.4 Å². The third kappa shape index (κ3) is 4.00. The minimum atomic E-state index is -3.38. The van der Waals surface area contributed by atoms with Gasteiger partial charge in [0.1, 0.15) is 17.4 Å². The fourth-order valence-electron chi connectivity index (χ4n) is 4.57. The number of benzene rings is 3. The lowest BCUT2D eigenvalue weighted by Gasteiger charge is -2.22. The monoisotopic (exact) mass is 460 g/mol. The molecule has 1 N–H and O–H groups in total. The normalized spacial score (nSPS) is 16.5.